The second-order valence-electron chi connectivity index (χ2n) is 4.04. The molecule has 0 aliphatic rings. The smallest absolute Gasteiger partial charge is 0.325 e. The minimum Gasteiger partial charge on any atom is -0.325 e. The summed E-state index contributed by atoms with van der Waals surface area (Å²) in [5.41, 5.74) is -1.18. The van der Waals surface area contributed by atoms with Crippen molar-refractivity contribution in [2.75, 3.05) is 11.1 Å². The van der Waals surface area contributed by atoms with Crippen molar-refractivity contribution in [2.24, 2.45) is 0 Å². The fraction of sp³-hybridized carbons (Fsp3) is 0.167. The van der Waals surface area contributed by atoms with E-state index in [0.717, 1.165) is 23.9 Å². The van der Waals surface area contributed by atoms with Gasteiger partial charge in [-0.2, -0.15) is 23.3 Å². The Morgan fingerprint density at radius 3 is 2.55 bits per heavy atom. The molecule has 0 atom stereocenters. The molecule has 6 nitrogen and oxygen atoms in total. The number of amides is 1. The van der Waals surface area contributed by atoms with Crippen LogP contribution >= 0.6 is 11.8 Å². The van der Waals surface area contributed by atoms with E-state index in [0.29, 0.717) is 0 Å². The number of carbonyl (C=O) groups is 1. The molecule has 0 radical (unpaired) electrons. The minimum atomic E-state index is -4.42. The maximum absolute atomic E-state index is 12.4. The molecule has 0 aliphatic heterocycles. The van der Waals surface area contributed by atoms with Crippen LogP contribution in [0.5, 0.6) is 0 Å². The van der Waals surface area contributed by atoms with Gasteiger partial charge in [0.15, 0.2) is 0 Å². The Bertz CT molecular complexity index is 715. The standard InChI is InChI=1S/C12H9F3N4O2S/c13-12(14,15)7-1-3-8(4-2-7)17-9(20)6-22-10-5-16-19-11(21)18-10/h1-5H,6H2,(H,17,20)(H,18,19,21). The number of hydrogen-bond donors (Lipinski definition) is 2. The highest BCUT2D eigenvalue weighted by atomic mass is 32.2. The lowest BCUT2D eigenvalue weighted by molar-refractivity contribution is -0.137. The van der Waals surface area contributed by atoms with E-state index >= 15 is 0 Å². The van der Waals surface area contributed by atoms with Crippen molar-refractivity contribution >= 4 is 23.4 Å². The quantitative estimate of drug-likeness (QED) is 0.836. The van der Waals surface area contributed by atoms with E-state index in [9.17, 15) is 22.8 Å². The minimum absolute atomic E-state index is 0.0564. The number of aromatic nitrogens is 3. The normalized spacial score (nSPS) is 11.2. The van der Waals surface area contributed by atoms with Crippen LogP contribution in [0.2, 0.25) is 0 Å². The molecule has 1 amide bonds. The van der Waals surface area contributed by atoms with Gasteiger partial charge in [0, 0.05) is 5.69 Å². The van der Waals surface area contributed by atoms with Crippen LogP contribution in [-0.2, 0) is 11.0 Å². The number of alkyl halides is 3. The molecule has 0 bridgehead atoms. The number of halogens is 3. The molecule has 0 unspecified atom stereocenters. The highest BCUT2D eigenvalue weighted by Crippen LogP contribution is 2.29. The fourth-order valence-corrected chi connectivity index (χ4v) is 2.07. The first-order valence-corrected chi connectivity index (χ1v) is 6.85. The number of aromatic amines is 1. The number of H-pyrrole nitrogens is 1. The summed E-state index contributed by atoms with van der Waals surface area (Å²) < 4.78 is 37.2. The van der Waals surface area contributed by atoms with E-state index in [1.54, 1.807) is 0 Å². The van der Waals surface area contributed by atoms with Gasteiger partial charge in [0.05, 0.1) is 17.5 Å². The third kappa shape index (κ3) is 4.58. The third-order valence-electron chi connectivity index (χ3n) is 2.39. The van der Waals surface area contributed by atoms with E-state index in [2.05, 4.69) is 20.5 Å². The predicted octanol–water partition coefficient (Wildman–Crippen LogP) is 1.91. The fourth-order valence-electron chi connectivity index (χ4n) is 1.45. The number of nitrogens with one attached hydrogen (secondary N) is 2. The molecule has 1 aromatic carbocycles. The molecule has 0 spiro atoms. The zero-order chi connectivity index (χ0) is 16.2. The van der Waals surface area contributed by atoms with Gasteiger partial charge in [-0.1, -0.05) is 11.8 Å². The molecule has 0 saturated heterocycles. The van der Waals surface area contributed by atoms with Gasteiger partial charge in [0.25, 0.3) is 0 Å². The van der Waals surface area contributed by atoms with Gasteiger partial charge in [0.1, 0.15) is 5.03 Å². The number of nitrogens with zero attached hydrogens (tertiary/aromatic N) is 2. The van der Waals surface area contributed by atoms with Crippen molar-refractivity contribution in [3.05, 3.63) is 46.5 Å². The Kier molecular flexibility index (Phi) is 4.81. The molecule has 2 aromatic rings. The average molecular weight is 330 g/mol. The Hall–Kier alpha value is -2.36. The van der Waals surface area contributed by atoms with Crippen LogP contribution in [0, 0.1) is 0 Å². The Morgan fingerprint density at radius 1 is 1.27 bits per heavy atom. The zero-order valence-electron chi connectivity index (χ0n) is 10.8. The largest absolute Gasteiger partial charge is 0.416 e. The molecule has 0 aliphatic carbocycles. The molecular formula is C12H9F3N4O2S. The number of thioether (sulfide) groups is 1. The second-order valence-corrected chi connectivity index (χ2v) is 5.03. The molecule has 2 rings (SSSR count). The molecule has 22 heavy (non-hydrogen) atoms. The lowest BCUT2D eigenvalue weighted by Gasteiger charge is -2.08. The molecule has 1 aromatic heterocycles. The number of benzene rings is 1. The van der Waals surface area contributed by atoms with Crippen LogP contribution in [0.25, 0.3) is 0 Å². The van der Waals surface area contributed by atoms with Crippen molar-refractivity contribution < 1.29 is 18.0 Å². The van der Waals surface area contributed by atoms with Crippen LogP contribution in [-0.4, -0.2) is 26.8 Å². The SMILES string of the molecule is O=C(CSc1cn[nH]c(=O)n1)Nc1ccc(C(F)(F)F)cc1. The topological polar surface area (TPSA) is 87.7 Å². The van der Waals surface area contributed by atoms with Crippen LogP contribution < -0.4 is 11.0 Å². The summed E-state index contributed by atoms with van der Waals surface area (Å²) in [4.78, 5) is 26.1. The summed E-state index contributed by atoms with van der Waals surface area (Å²) in [7, 11) is 0. The lowest BCUT2D eigenvalue weighted by Crippen LogP contribution is -2.16. The van der Waals surface area contributed by atoms with E-state index in [1.807, 2.05) is 0 Å². The van der Waals surface area contributed by atoms with Crippen LogP contribution in [0.3, 0.4) is 0 Å². The molecule has 1 heterocycles. The molecule has 0 fully saturated rings. The van der Waals surface area contributed by atoms with Gasteiger partial charge in [-0.05, 0) is 24.3 Å². The number of rotatable bonds is 4. The van der Waals surface area contributed by atoms with Crippen molar-refractivity contribution in [3.8, 4) is 0 Å². The van der Waals surface area contributed by atoms with Crippen molar-refractivity contribution in [1.29, 1.82) is 0 Å². The summed E-state index contributed by atoms with van der Waals surface area (Å²) in [6.07, 6.45) is -3.13. The summed E-state index contributed by atoms with van der Waals surface area (Å²) in [5, 5.41) is 8.33. The van der Waals surface area contributed by atoms with Crippen molar-refractivity contribution in [1.82, 2.24) is 15.2 Å². The van der Waals surface area contributed by atoms with E-state index < -0.39 is 23.3 Å². The van der Waals surface area contributed by atoms with Gasteiger partial charge in [-0.15, -0.1) is 0 Å². The molecule has 10 heteroatoms. The van der Waals surface area contributed by atoms with Gasteiger partial charge >= 0.3 is 11.9 Å². The molecule has 2 N–H and O–H groups in total. The maximum atomic E-state index is 12.4. The lowest BCUT2D eigenvalue weighted by atomic mass is 10.2. The molecular weight excluding hydrogens is 321 g/mol. The molecule has 116 valence electrons. The summed E-state index contributed by atoms with van der Waals surface area (Å²) in [5.74, 6) is -0.495. The van der Waals surface area contributed by atoms with Gasteiger partial charge in [-0.3, -0.25) is 4.79 Å². The average Bonchev–Trinajstić information content (AvgIpc) is 2.45. The van der Waals surface area contributed by atoms with Crippen molar-refractivity contribution in [3.63, 3.8) is 0 Å². The summed E-state index contributed by atoms with van der Waals surface area (Å²) in [6, 6.07) is 4.09. The maximum Gasteiger partial charge on any atom is 0.416 e. The van der Waals surface area contributed by atoms with Crippen LogP contribution in [0.4, 0.5) is 18.9 Å². The van der Waals surface area contributed by atoms with Crippen LogP contribution in [0.15, 0.2) is 40.3 Å². The van der Waals surface area contributed by atoms with E-state index in [4.69, 9.17) is 0 Å². The number of anilines is 1. The van der Waals surface area contributed by atoms with Crippen LogP contribution in [0.1, 0.15) is 5.56 Å². The number of hydrogen-bond acceptors (Lipinski definition) is 5. The van der Waals surface area contributed by atoms with Crippen molar-refractivity contribution in [2.45, 2.75) is 11.2 Å². The predicted molar refractivity (Wildman–Crippen MR) is 73.5 cm³/mol. The third-order valence-corrected chi connectivity index (χ3v) is 3.29. The summed E-state index contributed by atoms with van der Waals surface area (Å²) >= 11 is 0.984. The first kappa shape index (κ1) is 16.0. The van der Waals surface area contributed by atoms with Gasteiger partial charge in [0.2, 0.25) is 5.91 Å². The Morgan fingerprint density at radius 2 is 1.95 bits per heavy atom. The highest BCUT2D eigenvalue weighted by molar-refractivity contribution is 7.99. The first-order valence-electron chi connectivity index (χ1n) is 5.86. The zero-order valence-corrected chi connectivity index (χ0v) is 11.7. The summed E-state index contributed by atoms with van der Waals surface area (Å²) in [6.45, 7) is 0. The van der Waals surface area contributed by atoms with Gasteiger partial charge in [-0.25, -0.2) is 9.89 Å². The second kappa shape index (κ2) is 6.60. The van der Waals surface area contributed by atoms with Gasteiger partial charge < -0.3 is 5.32 Å². The monoisotopic (exact) mass is 330 g/mol. The van der Waals surface area contributed by atoms with E-state index in [1.165, 1.54) is 18.3 Å². The Labute approximate surface area is 126 Å². The molecule has 0 saturated carbocycles. The first-order chi connectivity index (χ1) is 10.3. The highest BCUT2D eigenvalue weighted by Gasteiger charge is 2.29. The number of carbonyl (C=O) groups excluding carboxylic acids is 1. The Balaban J connectivity index is 1.91. The van der Waals surface area contributed by atoms with E-state index in [-0.39, 0.29) is 16.5 Å².